The molecule has 0 aromatic heterocycles. The van der Waals surface area contributed by atoms with Crippen LogP contribution in [0.1, 0.15) is 97.8 Å². The molecule has 0 spiro atoms. The highest BCUT2D eigenvalue weighted by atomic mass is 32.2. The Hall–Kier alpha value is -0.970. The van der Waals surface area contributed by atoms with E-state index in [2.05, 4.69) is 19.9 Å². The fourth-order valence-corrected chi connectivity index (χ4v) is 3.63. The number of allylic oxidation sites excluding steroid dienone is 1. The Labute approximate surface area is 177 Å². The lowest BCUT2D eigenvalue weighted by Crippen LogP contribution is -2.28. The number of ether oxygens (including phenoxy) is 1. The number of amides is 1. The first-order valence-corrected chi connectivity index (χ1v) is 12.4. The minimum absolute atomic E-state index is 0.0914. The van der Waals surface area contributed by atoms with Crippen molar-refractivity contribution < 1.29 is 14.3 Å². The highest BCUT2D eigenvalue weighted by molar-refractivity contribution is 8.13. The van der Waals surface area contributed by atoms with Crippen LogP contribution >= 0.6 is 11.8 Å². The van der Waals surface area contributed by atoms with E-state index < -0.39 is 0 Å². The van der Waals surface area contributed by atoms with E-state index in [-0.39, 0.29) is 11.2 Å². The lowest BCUT2D eigenvalue weighted by atomic mass is 10.1. The summed E-state index contributed by atoms with van der Waals surface area (Å²) in [5.41, 5.74) is 0. The molecule has 0 radical (unpaired) electrons. The number of hydrogen-bond donors (Lipinski definition) is 0. The summed E-state index contributed by atoms with van der Waals surface area (Å²) in [5, 5.41) is 0.210. The van der Waals surface area contributed by atoms with Gasteiger partial charge in [0.2, 0.25) is 0 Å². The standard InChI is InChI=1S/C23H43NO3S/c1-4-7-8-9-10-14-17-20-27-22(25)18-15-12-11-13-16-19-24(6-3)23(26)28-21-5-2/h14,17H,4-13,15-16,18-21H2,1-3H3/b17-14-. The maximum Gasteiger partial charge on any atom is 0.306 e. The summed E-state index contributed by atoms with van der Waals surface area (Å²) in [6.45, 7) is 8.39. The van der Waals surface area contributed by atoms with E-state index in [9.17, 15) is 9.59 Å². The van der Waals surface area contributed by atoms with Gasteiger partial charge >= 0.3 is 5.97 Å². The summed E-state index contributed by atoms with van der Waals surface area (Å²) in [4.78, 5) is 25.6. The molecular weight excluding hydrogens is 370 g/mol. The van der Waals surface area contributed by atoms with Crippen molar-refractivity contribution in [3.05, 3.63) is 12.2 Å². The minimum atomic E-state index is -0.0914. The largest absolute Gasteiger partial charge is 0.461 e. The van der Waals surface area contributed by atoms with Gasteiger partial charge in [0.25, 0.3) is 5.24 Å². The number of carbonyl (C=O) groups excluding carboxylic acids is 2. The van der Waals surface area contributed by atoms with Gasteiger partial charge in [-0.05, 0) is 39.0 Å². The summed E-state index contributed by atoms with van der Waals surface area (Å²) >= 11 is 1.43. The summed E-state index contributed by atoms with van der Waals surface area (Å²) in [7, 11) is 0. The zero-order valence-corrected chi connectivity index (χ0v) is 19.4. The van der Waals surface area contributed by atoms with Gasteiger partial charge in [-0.15, -0.1) is 0 Å². The Bertz CT molecular complexity index is 413. The Balaban J connectivity index is 3.53. The molecule has 0 saturated carbocycles. The molecule has 0 aliphatic carbocycles. The van der Waals surface area contributed by atoms with Gasteiger partial charge in [0.15, 0.2) is 0 Å². The van der Waals surface area contributed by atoms with Crippen LogP contribution in [-0.4, -0.2) is 41.6 Å². The normalized spacial score (nSPS) is 11.1. The highest BCUT2D eigenvalue weighted by Crippen LogP contribution is 2.12. The molecule has 0 saturated heterocycles. The highest BCUT2D eigenvalue weighted by Gasteiger charge is 2.10. The molecule has 0 N–H and O–H groups in total. The van der Waals surface area contributed by atoms with Gasteiger partial charge in [0, 0.05) is 25.3 Å². The van der Waals surface area contributed by atoms with Gasteiger partial charge in [0.05, 0.1) is 0 Å². The molecule has 0 fully saturated rings. The zero-order valence-electron chi connectivity index (χ0n) is 18.5. The van der Waals surface area contributed by atoms with Crippen LogP contribution in [0.2, 0.25) is 0 Å². The van der Waals surface area contributed by atoms with Gasteiger partial charge in [-0.1, -0.05) is 76.3 Å². The molecule has 0 aromatic carbocycles. The fraction of sp³-hybridized carbons (Fsp3) is 0.826. The van der Waals surface area contributed by atoms with Crippen molar-refractivity contribution in [3.8, 4) is 0 Å². The molecular formula is C23H43NO3S. The first-order chi connectivity index (χ1) is 13.7. The van der Waals surface area contributed by atoms with Gasteiger partial charge in [-0.25, -0.2) is 0 Å². The van der Waals surface area contributed by atoms with Crippen LogP contribution in [0, 0.1) is 0 Å². The summed E-state index contributed by atoms with van der Waals surface area (Å²) in [6, 6.07) is 0. The van der Waals surface area contributed by atoms with E-state index in [0.717, 1.165) is 63.8 Å². The number of rotatable bonds is 18. The van der Waals surface area contributed by atoms with E-state index in [1.165, 1.54) is 37.4 Å². The van der Waals surface area contributed by atoms with E-state index in [4.69, 9.17) is 4.74 Å². The third kappa shape index (κ3) is 17.2. The van der Waals surface area contributed by atoms with Crippen molar-refractivity contribution in [1.82, 2.24) is 4.90 Å². The van der Waals surface area contributed by atoms with E-state index in [0.29, 0.717) is 13.0 Å². The molecule has 0 heterocycles. The number of carbonyl (C=O) groups is 2. The number of esters is 1. The predicted octanol–water partition coefficient (Wildman–Crippen LogP) is 6.98. The lowest BCUT2D eigenvalue weighted by Gasteiger charge is -2.20. The predicted molar refractivity (Wildman–Crippen MR) is 122 cm³/mol. The molecule has 0 rings (SSSR count). The molecule has 0 unspecified atom stereocenters. The van der Waals surface area contributed by atoms with E-state index in [1.807, 2.05) is 17.9 Å². The van der Waals surface area contributed by atoms with Crippen molar-refractivity contribution in [2.24, 2.45) is 0 Å². The molecule has 0 aliphatic heterocycles. The minimum Gasteiger partial charge on any atom is -0.461 e. The SMILES string of the molecule is CCCCCC/C=C\COC(=O)CCCCCCCN(CC)C(=O)SCCC. The Morgan fingerprint density at radius 3 is 2.29 bits per heavy atom. The quantitative estimate of drug-likeness (QED) is 0.138. The van der Waals surface area contributed by atoms with Crippen LogP contribution in [0.5, 0.6) is 0 Å². The van der Waals surface area contributed by atoms with E-state index >= 15 is 0 Å². The van der Waals surface area contributed by atoms with Crippen LogP contribution in [0.3, 0.4) is 0 Å². The molecule has 0 aliphatic rings. The summed E-state index contributed by atoms with van der Waals surface area (Å²) in [5.74, 6) is 0.812. The van der Waals surface area contributed by atoms with Crippen LogP contribution in [0.15, 0.2) is 12.2 Å². The first-order valence-electron chi connectivity index (χ1n) is 11.4. The lowest BCUT2D eigenvalue weighted by molar-refractivity contribution is -0.142. The van der Waals surface area contributed by atoms with Gasteiger partial charge in [-0.2, -0.15) is 0 Å². The molecule has 1 amide bonds. The molecule has 0 atom stereocenters. The molecule has 0 aromatic rings. The van der Waals surface area contributed by atoms with Crippen molar-refractivity contribution in [2.45, 2.75) is 97.8 Å². The molecule has 4 nitrogen and oxygen atoms in total. The van der Waals surface area contributed by atoms with Crippen molar-refractivity contribution >= 4 is 23.0 Å². The Morgan fingerprint density at radius 2 is 1.57 bits per heavy atom. The van der Waals surface area contributed by atoms with Crippen molar-refractivity contribution in [3.63, 3.8) is 0 Å². The smallest absolute Gasteiger partial charge is 0.306 e. The second kappa shape index (κ2) is 20.8. The number of unbranched alkanes of at least 4 members (excludes halogenated alkanes) is 8. The van der Waals surface area contributed by atoms with Crippen molar-refractivity contribution in [2.75, 3.05) is 25.4 Å². The number of thioether (sulfide) groups is 1. The third-order valence-electron chi connectivity index (χ3n) is 4.61. The maximum atomic E-state index is 12.0. The third-order valence-corrected chi connectivity index (χ3v) is 5.73. The second-order valence-corrected chi connectivity index (χ2v) is 8.26. The van der Waals surface area contributed by atoms with E-state index in [1.54, 1.807) is 0 Å². The number of hydrogen-bond acceptors (Lipinski definition) is 4. The number of nitrogens with zero attached hydrogens (tertiary/aromatic N) is 1. The molecule has 164 valence electrons. The monoisotopic (exact) mass is 413 g/mol. The first kappa shape index (κ1) is 27.0. The van der Waals surface area contributed by atoms with Gasteiger partial charge in [0.1, 0.15) is 6.61 Å². The van der Waals surface area contributed by atoms with Crippen molar-refractivity contribution in [1.29, 1.82) is 0 Å². The van der Waals surface area contributed by atoms with Crippen LogP contribution in [-0.2, 0) is 9.53 Å². The molecule has 28 heavy (non-hydrogen) atoms. The fourth-order valence-electron chi connectivity index (χ4n) is 2.85. The molecule has 5 heteroatoms. The van der Waals surface area contributed by atoms with Gasteiger partial charge < -0.3 is 9.64 Å². The van der Waals surface area contributed by atoms with Gasteiger partial charge in [-0.3, -0.25) is 9.59 Å². The molecule has 0 bridgehead atoms. The summed E-state index contributed by atoms with van der Waals surface area (Å²) in [6.07, 6.45) is 17.0. The average molecular weight is 414 g/mol. The van der Waals surface area contributed by atoms with Crippen LogP contribution < -0.4 is 0 Å². The Morgan fingerprint density at radius 1 is 0.857 bits per heavy atom. The Kier molecular flexibility index (Phi) is 20.0. The van der Waals surface area contributed by atoms with Crippen LogP contribution in [0.25, 0.3) is 0 Å². The average Bonchev–Trinajstić information content (AvgIpc) is 2.70. The topological polar surface area (TPSA) is 46.6 Å². The second-order valence-electron chi connectivity index (χ2n) is 7.22. The summed E-state index contributed by atoms with van der Waals surface area (Å²) < 4.78 is 5.23. The maximum absolute atomic E-state index is 12.0. The zero-order chi connectivity index (χ0) is 20.9. The van der Waals surface area contributed by atoms with Crippen LogP contribution in [0.4, 0.5) is 4.79 Å².